The lowest BCUT2D eigenvalue weighted by Gasteiger charge is -2.19. The fourth-order valence-electron chi connectivity index (χ4n) is 2.30. The molecule has 0 saturated heterocycles. The van der Waals surface area contributed by atoms with Crippen molar-refractivity contribution in [3.05, 3.63) is 46.5 Å². The molecule has 2 unspecified atom stereocenters. The first kappa shape index (κ1) is 13.8. The molecule has 0 amide bonds. The van der Waals surface area contributed by atoms with Gasteiger partial charge in [0.15, 0.2) is 0 Å². The van der Waals surface area contributed by atoms with Gasteiger partial charge in [-0.05, 0) is 49.4 Å². The number of nitrogens with one attached hydrogen (secondary N) is 1. The van der Waals surface area contributed by atoms with E-state index in [0.29, 0.717) is 6.54 Å². The zero-order chi connectivity index (χ0) is 12.8. The molecule has 18 heavy (non-hydrogen) atoms. The number of hydrogen-bond donors (Lipinski definition) is 2. The van der Waals surface area contributed by atoms with Gasteiger partial charge in [-0.2, -0.15) is 0 Å². The van der Waals surface area contributed by atoms with Crippen LogP contribution in [-0.2, 0) is 0 Å². The molecular formula is C15H20BrNO. The molecule has 0 fully saturated rings. The number of aliphatic hydroxyl groups excluding tert-OH is 1. The Hall–Kier alpha value is -0.640. The lowest BCUT2D eigenvalue weighted by Crippen LogP contribution is -2.27. The molecule has 1 aliphatic carbocycles. The molecule has 1 aromatic rings. The Balaban J connectivity index is 1.74. The van der Waals surface area contributed by atoms with Crippen molar-refractivity contribution in [2.24, 2.45) is 5.92 Å². The third kappa shape index (κ3) is 4.23. The molecule has 0 aromatic heterocycles. The van der Waals surface area contributed by atoms with Crippen LogP contribution in [0.1, 0.15) is 30.9 Å². The third-order valence-electron chi connectivity index (χ3n) is 3.38. The standard InChI is InChI=1S/C15H20BrNO/c16-14-8-4-7-13(9-14)15(18)11-17-10-12-5-2-1-3-6-12/h1-2,4,7-9,12,15,17-18H,3,5-6,10-11H2. The average molecular weight is 310 g/mol. The van der Waals surface area contributed by atoms with E-state index >= 15 is 0 Å². The third-order valence-corrected chi connectivity index (χ3v) is 3.88. The highest BCUT2D eigenvalue weighted by Gasteiger charge is 2.11. The highest BCUT2D eigenvalue weighted by atomic mass is 79.9. The molecule has 3 heteroatoms. The van der Waals surface area contributed by atoms with Crippen LogP contribution in [0.4, 0.5) is 0 Å². The lowest BCUT2D eigenvalue weighted by atomic mass is 9.94. The first-order chi connectivity index (χ1) is 8.75. The number of rotatable bonds is 5. The Bertz CT molecular complexity index is 405. The summed E-state index contributed by atoms with van der Waals surface area (Å²) in [4.78, 5) is 0. The van der Waals surface area contributed by atoms with Gasteiger partial charge >= 0.3 is 0 Å². The first-order valence-electron chi connectivity index (χ1n) is 6.55. The van der Waals surface area contributed by atoms with E-state index in [-0.39, 0.29) is 0 Å². The van der Waals surface area contributed by atoms with Crippen LogP contribution in [0.25, 0.3) is 0 Å². The van der Waals surface area contributed by atoms with Crippen molar-refractivity contribution in [3.8, 4) is 0 Å². The zero-order valence-electron chi connectivity index (χ0n) is 10.5. The first-order valence-corrected chi connectivity index (χ1v) is 7.34. The molecule has 0 radical (unpaired) electrons. The number of hydrogen-bond acceptors (Lipinski definition) is 2. The van der Waals surface area contributed by atoms with E-state index in [0.717, 1.165) is 22.5 Å². The second-order valence-corrected chi connectivity index (χ2v) is 5.80. The van der Waals surface area contributed by atoms with E-state index < -0.39 is 6.10 Å². The summed E-state index contributed by atoms with van der Waals surface area (Å²) < 4.78 is 1.01. The maximum atomic E-state index is 10.1. The second-order valence-electron chi connectivity index (χ2n) is 4.88. The Morgan fingerprint density at radius 3 is 3.00 bits per heavy atom. The summed E-state index contributed by atoms with van der Waals surface area (Å²) in [7, 11) is 0. The quantitative estimate of drug-likeness (QED) is 0.817. The van der Waals surface area contributed by atoms with Crippen LogP contribution in [0.15, 0.2) is 40.9 Å². The van der Waals surface area contributed by atoms with E-state index in [2.05, 4.69) is 33.4 Å². The molecule has 1 aliphatic rings. The second kappa shape index (κ2) is 7.07. The average Bonchev–Trinajstić information content (AvgIpc) is 2.40. The van der Waals surface area contributed by atoms with E-state index in [1.165, 1.54) is 19.3 Å². The zero-order valence-corrected chi connectivity index (χ0v) is 12.1. The summed E-state index contributed by atoms with van der Waals surface area (Å²) in [5.74, 6) is 0.727. The fourth-order valence-corrected chi connectivity index (χ4v) is 2.71. The molecule has 2 atom stereocenters. The van der Waals surface area contributed by atoms with Gasteiger partial charge in [0.25, 0.3) is 0 Å². The summed E-state index contributed by atoms with van der Waals surface area (Å²) in [6, 6.07) is 7.85. The van der Waals surface area contributed by atoms with Crippen LogP contribution in [0.3, 0.4) is 0 Å². The van der Waals surface area contributed by atoms with Crippen LogP contribution in [0.5, 0.6) is 0 Å². The molecule has 0 heterocycles. The van der Waals surface area contributed by atoms with Crippen molar-refractivity contribution in [1.29, 1.82) is 0 Å². The van der Waals surface area contributed by atoms with Crippen LogP contribution in [0, 0.1) is 5.92 Å². The molecule has 0 saturated carbocycles. The highest BCUT2D eigenvalue weighted by Crippen LogP contribution is 2.19. The van der Waals surface area contributed by atoms with Crippen molar-refractivity contribution in [2.75, 3.05) is 13.1 Å². The van der Waals surface area contributed by atoms with E-state index in [1.807, 2.05) is 24.3 Å². The van der Waals surface area contributed by atoms with Crippen LogP contribution in [-0.4, -0.2) is 18.2 Å². The number of halogens is 1. The summed E-state index contributed by atoms with van der Waals surface area (Å²) in [5, 5.41) is 13.5. The molecule has 0 spiro atoms. The monoisotopic (exact) mass is 309 g/mol. The van der Waals surface area contributed by atoms with Gasteiger partial charge in [0.2, 0.25) is 0 Å². The van der Waals surface area contributed by atoms with Crippen molar-refractivity contribution in [1.82, 2.24) is 5.32 Å². The van der Waals surface area contributed by atoms with Gasteiger partial charge < -0.3 is 10.4 Å². The van der Waals surface area contributed by atoms with Gasteiger partial charge in [-0.25, -0.2) is 0 Å². The van der Waals surface area contributed by atoms with E-state index in [1.54, 1.807) is 0 Å². The largest absolute Gasteiger partial charge is 0.387 e. The molecule has 2 nitrogen and oxygen atoms in total. The number of allylic oxidation sites excluding steroid dienone is 2. The lowest BCUT2D eigenvalue weighted by molar-refractivity contribution is 0.172. The predicted molar refractivity (Wildman–Crippen MR) is 78.5 cm³/mol. The molecule has 2 N–H and O–H groups in total. The Labute approximate surface area is 117 Å². The van der Waals surface area contributed by atoms with Gasteiger partial charge in [0, 0.05) is 11.0 Å². The van der Waals surface area contributed by atoms with E-state index in [9.17, 15) is 5.11 Å². The maximum Gasteiger partial charge on any atom is 0.0914 e. The molecule has 2 rings (SSSR count). The molecule has 1 aromatic carbocycles. The summed E-state index contributed by atoms with van der Waals surface area (Å²) >= 11 is 3.42. The minimum atomic E-state index is -0.429. The Morgan fingerprint density at radius 1 is 1.39 bits per heavy atom. The molecule has 0 aliphatic heterocycles. The van der Waals surface area contributed by atoms with Crippen molar-refractivity contribution < 1.29 is 5.11 Å². The highest BCUT2D eigenvalue weighted by molar-refractivity contribution is 9.10. The minimum Gasteiger partial charge on any atom is -0.387 e. The maximum absolute atomic E-state index is 10.1. The normalized spacial score (nSPS) is 20.9. The fraction of sp³-hybridized carbons (Fsp3) is 0.467. The SMILES string of the molecule is OC(CNCC1CC=CCC1)c1cccc(Br)c1. The van der Waals surface area contributed by atoms with Gasteiger partial charge in [-0.15, -0.1) is 0 Å². The minimum absolute atomic E-state index is 0.429. The molecule has 98 valence electrons. The Kier molecular flexibility index (Phi) is 5.42. The molecular weight excluding hydrogens is 290 g/mol. The van der Waals surface area contributed by atoms with Crippen LogP contribution in [0.2, 0.25) is 0 Å². The van der Waals surface area contributed by atoms with Gasteiger partial charge in [-0.1, -0.05) is 40.2 Å². The van der Waals surface area contributed by atoms with Crippen LogP contribution < -0.4 is 5.32 Å². The van der Waals surface area contributed by atoms with Crippen LogP contribution >= 0.6 is 15.9 Å². The summed E-state index contributed by atoms with van der Waals surface area (Å²) in [5.41, 5.74) is 0.959. The predicted octanol–water partition coefficient (Wildman–Crippen LogP) is 3.43. The molecule has 0 bridgehead atoms. The Morgan fingerprint density at radius 2 is 2.28 bits per heavy atom. The van der Waals surface area contributed by atoms with Gasteiger partial charge in [0.05, 0.1) is 6.10 Å². The summed E-state index contributed by atoms with van der Waals surface area (Å²) in [6.07, 6.45) is 7.71. The topological polar surface area (TPSA) is 32.3 Å². The van der Waals surface area contributed by atoms with E-state index in [4.69, 9.17) is 0 Å². The van der Waals surface area contributed by atoms with Gasteiger partial charge in [-0.3, -0.25) is 0 Å². The van der Waals surface area contributed by atoms with Gasteiger partial charge in [0.1, 0.15) is 0 Å². The van der Waals surface area contributed by atoms with Crippen molar-refractivity contribution in [2.45, 2.75) is 25.4 Å². The smallest absolute Gasteiger partial charge is 0.0914 e. The number of benzene rings is 1. The van der Waals surface area contributed by atoms with Crippen molar-refractivity contribution >= 4 is 15.9 Å². The summed E-state index contributed by atoms with van der Waals surface area (Å²) in [6.45, 7) is 1.62. The number of aliphatic hydroxyl groups is 1. The van der Waals surface area contributed by atoms with Crippen molar-refractivity contribution in [3.63, 3.8) is 0 Å².